The van der Waals surface area contributed by atoms with E-state index < -0.39 is 11.9 Å². The number of nitrogens with zero attached hydrogens (tertiary/aromatic N) is 4. The Balaban J connectivity index is 1.37. The molecule has 0 N–H and O–H groups in total. The van der Waals surface area contributed by atoms with E-state index in [2.05, 4.69) is 0 Å². The molecule has 2 aliphatic heterocycles. The summed E-state index contributed by atoms with van der Waals surface area (Å²) in [6.45, 7) is 3.40. The molecule has 12 heteroatoms. The Morgan fingerprint density at radius 2 is 1.03 bits per heavy atom. The van der Waals surface area contributed by atoms with Gasteiger partial charge in [-0.3, -0.25) is 9.80 Å². The standard InChI is InChI=1S/C22H30N4O8/c1-31-15-25-9-7-23(21(25)29)11-13-33-19(27)17-3-5-18(6-4-17)20(28)34-14-12-24-8-10-26(16-32-2)22(24)30/h3-6H,7-16H2,1-2H3. The first-order valence-corrected chi connectivity index (χ1v) is 10.9. The van der Waals surface area contributed by atoms with Gasteiger partial charge in [0.1, 0.15) is 26.7 Å². The molecule has 0 aliphatic carbocycles. The predicted molar refractivity (Wildman–Crippen MR) is 118 cm³/mol. The monoisotopic (exact) mass is 478 g/mol. The summed E-state index contributed by atoms with van der Waals surface area (Å²) in [6, 6.07) is 5.61. The lowest BCUT2D eigenvalue weighted by Gasteiger charge is -2.18. The van der Waals surface area contributed by atoms with E-state index in [1.165, 1.54) is 38.5 Å². The van der Waals surface area contributed by atoms with Crippen LogP contribution in [0.4, 0.5) is 9.59 Å². The van der Waals surface area contributed by atoms with Gasteiger partial charge >= 0.3 is 24.0 Å². The lowest BCUT2D eigenvalue weighted by molar-refractivity contribution is 0.0463. The lowest BCUT2D eigenvalue weighted by Crippen LogP contribution is -2.35. The zero-order valence-electron chi connectivity index (χ0n) is 19.4. The average Bonchev–Trinajstić information content (AvgIpc) is 3.36. The van der Waals surface area contributed by atoms with Crippen LogP contribution in [0.1, 0.15) is 20.7 Å². The van der Waals surface area contributed by atoms with Crippen LogP contribution in [0, 0.1) is 0 Å². The number of hydrogen-bond acceptors (Lipinski definition) is 8. The highest BCUT2D eigenvalue weighted by atomic mass is 16.5. The van der Waals surface area contributed by atoms with Crippen LogP contribution < -0.4 is 0 Å². The Labute approximate surface area is 197 Å². The third-order valence-electron chi connectivity index (χ3n) is 5.48. The van der Waals surface area contributed by atoms with Crippen molar-refractivity contribution in [2.24, 2.45) is 0 Å². The van der Waals surface area contributed by atoms with Gasteiger partial charge in [0.15, 0.2) is 0 Å². The van der Waals surface area contributed by atoms with Crippen molar-refractivity contribution in [3.8, 4) is 0 Å². The Bertz CT molecular complexity index is 807. The minimum Gasteiger partial charge on any atom is -0.460 e. The van der Waals surface area contributed by atoms with E-state index in [-0.39, 0.29) is 63.0 Å². The predicted octanol–water partition coefficient (Wildman–Crippen LogP) is 0.683. The molecule has 12 nitrogen and oxygen atoms in total. The normalized spacial score (nSPS) is 15.9. The number of hydrogen-bond donors (Lipinski definition) is 0. The summed E-state index contributed by atoms with van der Waals surface area (Å²) in [5.74, 6) is -1.10. The van der Waals surface area contributed by atoms with E-state index in [1.807, 2.05) is 0 Å². The smallest absolute Gasteiger partial charge is 0.338 e. The van der Waals surface area contributed by atoms with Crippen LogP contribution in [0.25, 0.3) is 0 Å². The summed E-state index contributed by atoms with van der Waals surface area (Å²) < 4.78 is 20.4. The van der Waals surface area contributed by atoms with Crippen LogP contribution in [-0.4, -0.2) is 124 Å². The second kappa shape index (κ2) is 12.2. The van der Waals surface area contributed by atoms with Crippen molar-refractivity contribution in [3.63, 3.8) is 0 Å². The Morgan fingerprint density at radius 3 is 1.38 bits per heavy atom. The molecule has 0 bridgehead atoms. The van der Waals surface area contributed by atoms with Gasteiger partial charge in [-0.25, -0.2) is 19.2 Å². The van der Waals surface area contributed by atoms with E-state index in [4.69, 9.17) is 18.9 Å². The third-order valence-corrected chi connectivity index (χ3v) is 5.48. The fraction of sp³-hybridized carbons (Fsp3) is 0.545. The van der Waals surface area contributed by atoms with Crippen molar-refractivity contribution in [1.82, 2.24) is 19.6 Å². The van der Waals surface area contributed by atoms with E-state index in [0.29, 0.717) is 26.2 Å². The molecule has 2 saturated heterocycles. The van der Waals surface area contributed by atoms with Crippen molar-refractivity contribution >= 4 is 24.0 Å². The Kier molecular flexibility index (Phi) is 9.05. The SMILES string of the molecule is COCN1CCN(CCOC(=O)c2ccc(C(=O)OCCN3CCN(COC)C3=O)cc2)C1=O. The first kappa shape index (κ1) is 25.2. The summed E-state index contributed by atoms with van der Waals surface area (Å²) >= 11 is 0. The summed E-state index contributed by atoms with van der Waals surface area (Å²) in [6.07, 6.45) is 0. The highest BCUT2D eigenvalue weighted by Crippen LogP contribution is 2.11. The molecule has 0 spiro atoms. The first-order chi connectivity index (χ1) is 16.4. The van der Waals surface area contributed by atoms with Gasteiger partial charge in [-0.1, -0.05) is 0 Å². The van der Waals surface area contributed by atoms with Crippen molar-refractivity contribution in [2.45, 2.75) is 0 Å². The number of methoxy groups -OCH3 is 2. The zero-order chi connectivity index (χ0) is 24.5. The van der Waals surface area contributed by atoms with Crippen molar-refractivity contribution in [1.29, 1.82) is 0 Å². The summed E-state index contributed by atoms with van der Waals surface area (Å²) in [5.41, 5.74) is 0.567. The topological polar surface area (TPSA) is 118 Å². The van der Waals surface area contributed by atoms with E-state index in [0.717, 1.165) is 0 Å². The molecule has 186 valence electrons. The molecule has 34 heavy (non-hydrogen) atoms. The van der Waals surface area contributed by atoms with Crippen molar-refractivity contribution in [3.05, 3.63) is 35.4 Å². The molecule has 0 saturated carbocycles. The highest BCUT2D eigenvalue weighted by Gasteiger charge is 2.29. The van der Waals surface area contributed by atoms with Gasteiger partial charge in [0, 0.05) is 40.4 Å². The van der Waals surface area contributed by atoms with Crippen LogP contribution in [0.5, 0.6) is 0 Å². The van der Waals surface area contributed by atoms with Crippen LogP contribution in [0.2, 0.25) is 0 Å². The molecular formula is C22H30N4O8. The van der Waals surface area contributed by atoms with Gasteiger partial charge in [-0.15, -0.1) is 0 Å². The molecule has 2 aliphatic rings. The van der Waals surface area contributed by atoms with Gasteiger partial charge in [0.2, 0.25) is 0 Å². The number of ether oxygens (including phenoxy) is 4. The molecule has 2 fully saturated rings. The maximum absolute atomic E-state index is 12.2. The fourth-order valence-corrected chi connectivity index (χ4v) is 3.64. The second-order valence-corrected chi connectivity index (χ2v) is 7.75. The van der Waals surface area contributed by atoms with Crippen LogP contribution in [0.3, 0.4) is 0 Å². The summed E-state index contributed by atoms with van der Waals surface area (Å²) in [7, 11) is 3.05. The Morgan fingerprint density at radius 1 is 0.676 bits per heavy atom. The number of rotatable bonds is 12. The molecule has 0 unspecified atom stereocenters. The number of amides is 4. The molecule has 0 aromatic heterocycles. The van der Waals surface area contributed by atoms with E-state index in [1.54, 1.807) is 19.6 Å². The molecule has 0 atom stereocenters. The van der Waals surface area contributed by atoms with Crippen molar-refractivity contribution < 1.29 is 38.1 Å². The summed E-state index contributed by atoms with van der Waals surface area (Å²) in [4.78, 5) is 55.0. The van der Waals surface area contributed by atoms with Crippen LogP contribution in [0.15, 0.2) is 24.3 Å². The quantitative estimate of drug-likeness (QED) is 0.403. The first-order valence-electron chi connectivity index (χ1n) is 10.9. The minimum atomic E-state index is -0.548. The molecule has 1 aromatic rings. The van der Waals surface area contributed by atoms with Gasteiger partial charge in [-0.05, 0) is 24.3 Å². The molecule has 1 aromatic carbocycles. The van der Waals surface area contributed by atoms with Crippen LogP contribution in [-0.2, 0) is 18.9 Å². The van der Waals surface area contributed by atoms with Gasteiger partial charge in [-0.2, -0.15) is 0 Å². The number of carbonyl (C=O) groups excluding carboxylic acids is 4. The highest BCUT2D eigenvalue weighted by molar-refractivity contribution is 5.93. The maximum Gasteiger partial charge on any atom is 0.338 e. The third kappa shape index (κ3) is 6.35. The molecule has 2 heterocycles. The van der Waals surface area contributed by atoms with Gasteiger partial charge in [0.25, 0.3) is 0 Å². The molecular weight excluding hydrogens is 448 g/mol. The second-order valence-electron chi connectivity index (χ2n) is 7.75. The maximum atomic E-state index is 12.2. The van der Waals surface area contributed by atoms with Crippen LogP contribution >= 0.6 is 0 Å². The number of carbonyl (C=O) groups is 4. The Hall–Kier alpha value is -3.38. The number of esters is 2. The van der Waals surface area contributed by atoms with E-state index in [9.17, 15) is 19.2 Å². The number of benzene rings is 1. The van der Waals surface area contributed by atoms with E-state index >= 15 is 0 Å². The molecule has 4 amide bonds. The lowest BCUT2D eigenvalue weighted by atomic mass is 10.1. The zero-order valence-corrected chi connectivity index (χ0v) is 19.4. The molecule has 0 radical (unpaired) electrons. The number of urea groups is 2. The van der Waals surface area contributed by atoms with Gasteiger partial charge < -0.3 is 28.7 Å². The average molecular weight is 479 g/mol. The minimum absolute atomic E-state index is 0.0617. The largest absolute Gasteiger partial charge is 0.460 e. The molecule has 3 rings (SSSR count). The fourth-order valence-electron chi connectivity index (χ4n) is 3.64. The van der Waals surface area contributed by atoms with Crippen molar-refractivity contribution in [2.75, 3.05) is 80.2 Å². The summed E-state index contributed by atoms with van der Waals surface area (Å²) in [5, 5.41) is 0. The van der Waals surface area contributed by atoms with Gasteiger partial charge in [0.05, 0.1) is 24.2 Å².